The zero-order chi connectivity index (χ0) is 28.6. The number of hydrogen-bond donors (Lipinski definition) is 2. The Morgan fingerprint density at radius 1 is 1.10 bits per heavy atom. The van der Waals surface area contributed by atoms with E-state index in [0.717, 1.165) is 17.1 Å². The fourth-order valence-corrected chi connectivity index (χ4v) is 4.05. The third kappa shape index (κ3) is 7.22. The minimum Gasteiger partial charge on any atom is -0.487 e. The van der Waals surface area contributed by atoms with Gasteiger partial charge in [0.05, 0.1) is 12.1 Å². The minimum atomic E-state index is -0.681. The highest BCUT2D eigenvalue weighted by Crippen LogP contribution is 2.27. The second kappa shape index (κ2) is 12.9. The summed E-state index contributed by atoms with van der Waals surface area (Å²) in [4.78, 5) is 41.7. The number of pyridine rings is 1. The number of para-hydroxylation sites is 1. The lowest BCUT2D eigenvalue weighted by molar-refractivity contribution is -0.123. The Balaban J connectivity index is 1.39. The molecule has 0 radical (unpaired) electrons. The first-order chi connectivity index (χ1) is 19.2. The molecule has 208 valence electrons. The Kier molecular flexibility index (Phi) is 9.11. The number of nitrogens with zero attached hydrogens (tertiary/aromatic N) is 2. The number of unbranched alkanes of at least 4 members (excludes halogenated alkanes) is 1. The van der Waals surface area contributed by atoms with Gasteiger partial charge in [0.1, 0.15) is 29.7 Å². The molecule has 2 N–H and O–H groups in total. The number of carbonyl (C=O) groups is 2. The van der Waals surface area contributed by atoms with E-state index < -0.39 is 11.6 Å². The summed E-state index contributed by atoms with van der Waals surface area (Å²) in [5.41, 5.74) is 1.45. The van der Waals surface area contributed by atoms with Gasteiger partial charge in [0, 0.05) is 49.4 Å². The van der Waals surface area contributed by atoms with Gasteiger partial charge < -0.3 is 24.5 Å². The molecule has 0 aliphatic heterocycles. The van der Waals surface area contributed by atoms with Crippen LogP contribution in [0.25, 0.3) is 10.9 Å². The van der Waals surface area contributed by atoms with E-state index in [1.54, 1.807) is 50.6 Å². The lowest BCUT2D eigenvalue weighted by Crippen LogP contribution is -2.25. The van der Waals surface area contributed by atoms with E-state index in [1.807, 2.05) is 12.1 Å². The van der Waals surface area contributed by atoms with E-state index in [4.69, 9.17) is 4.74 Å². The lowest BCUT2D eigenvalue weighted by Gasteiger charge is -2.09. The van der Waals surface area contributed by atoms with Crippen LogP contribution in [-0.2, 0) is 22.7 Å². The molecule has 10 heteroatoms. The van der Waals surface area contributed by atoms with Crippen molar-refractivity contribution in [2.75, 3.05) is 19.4 Å². The molecule has 2 heterocycles. The largest absolute Gasteiger partial charge is 0.487 e. The van der Waals surface area contributed by atoms with E-state index in [9.17, 15) is 23.2 Å². The van der Waals surface area contributed by atoms with E-state index in [0.29, 0.717) is 24.1 Å². The highest BCUT2D eigenvalue weighted by Gasteiger charge is 2.12. The van der Waals surface area contributed by atoms with Gasteiger partial charge in [-0.05, 0) is 55.3 Å². The number of rotatable bonds is 11. The average molecular weight is 549 g/mol. The summed E-state index contributed by atoms with van der Waals surface area (Å²) in [6.07, 6.45) is 6.14. The van der Waals surface area contributed by atoms with Gasteiger partial charge in [0.2, 0.25) is 11.8 Å². The Morgan fingerprint density at radius 2 is 1.93 bits per heavy atom. The fourth-order valence-electron chi connectivity index (χ4n) is 4.05. The number of amides is 2. The van der Waals surface area contributed by atoms with Gasteiger partial charge in [0.15, 0.2) is 0 Å². The first-order valence-electron chi connectivity index (χ1n) is 12.8. The van der Waals surface area contributed by atoms with Crippen LogP contribution in [0.3, 0.4) is 0 Å². The van der Waals surface area contributed by atoms with Gasteiger partial charge in [-0.25, -0.2) is 8.78 Å². The summed E-state index contributed by atoms with van der Waals surface area (Å²) < 4.78 is 34.5. The number of nitrogens with one attached hydrogen (secondary N) is 2. The zero-order valence-corrected chi connectivity index (χ0v) is 22.2. The average Bonchev–Trinajstić information content (AvgIpc) is 3.33. The van der Waals surface area contributed by atoms with Crippen LogP contribution >= 0.6 is 0 Å². The van der Waals surface area contributed by atoms with Gasteiger partial charge >= 0.3 is 0 Å². The second-order valence-electron chi connectivity index (χ2n) is 9.47. The Hall–Kier alpha value is -4.73. The van der Waals surface area contributed by atoms with E-state index in [2.05, 4.69) is 10.3 Å². The molecule has 0 atom stereocenters. The number of carbonyl (C=O) groups excluding carboxylic acids is 2. The number of fused-ring (bicyclic) bond motifs is 1. The predicted molar refractivity (Wildman–Crippen MR) is 149 cm³/mol. The third-order valence-electron chi connectivity index (χ3n) is 6.18. The van der Waals surface area contributed by atoms with E-state index in [-0.39, 0.29) is 48.2 Å². The summed E-state index contributed by atoms with van der Waals surface area (Å²) >= 11 is 0. The zero-order valence-electron chi connectivity index (χ0n) is 22.2. The number of likely N-dealkylation sites (N-methyl/N-ethyl adjacent to an activating group) is 1. The maximum absolute atomic E-state index is 14.0. The molecule has 0 fully saturated rings. The molecular formula is C30H30F2N4O4. The summed E-state index contributed by atoms with van der Waals surface area (Å²) in [6.45, 7) is 0.138. The number of benzene rings is 2. The van der Waals surface area contributed by atoms with Crippen LogP contribution in [-0.4, -0.2) is 40.4 Å². The number of halogens is 2. The molecule has 0 spiro atoms. The molecular weight excluding hydrogens is 518 g/mol. The van der Waals surface area contributed by atoms with Crippen LogP contribution < -0.4 is 15.6 Å². The van der Waals surface area contributed by atoms with Crippen molar-refractivity contribution >= 4 is 28.4 Å². The monoisotopic (exact) mass is 548 g/mol. The first kappa shape index (κ1) is 28.3. The lowest BCUT2D eigenvalue weighted by atomic mass is 10.2. The SMILES string of the molecule is CN(C)C(=O)/C=C/CCCC(=O)Nc1cccn(Cc2cc3cccc(OCc4ccc(F)cc4F)c3[nH]2)c1=O. The van der Waals surface area contributed by atoms with Crippen LogP contribution in [0.1, 0.15) is 30.5 Å². The molecule has 4 rings (SSSR count). The molecule has 0 aliphatic rings. The van der Waals surface area contributed by atoms with Crippen molar-refractivity contribution in [1.29, 1.82) is 0 Å². The van der Waals surface area contributed by atoms with Crippen molar-refractivity contribution in [2.45, 2.75) is 32.4 Å². The number of anilines is 1. The van der Waals surface area contributed by atoms with Crippen molar-refractivity contribution in [3.8, 4) is 5.75 Å². The van der Waals surface area contributed by atoms with Gasteiger partial charge in [-0.15, -0.1) is 0 Å². The fraction of sp³-hybridized carbons (Fsp3) is 0.233. The summed E-state index contributed by atoms with van der Waals surface area (Å²) in [5.74, 6) is -1.25. The number of aromatic nitrogens is 2. The number of aromatic amines is 1. The smallest absolute Gasteiger partial charge is 0.274 e. The predicted octanol–water partition coefficient (Wildman–Crippen LogP) is 4.99. The Morgan fingerprint density at radius 3 is 2.70 bits per heavy atom. The Labute approximate surface area is 229 Å². The maximum Gasteiger partial charge on any atom is 0.274 e. The van der Waals surface area contributed by atoms with Crippen molar-refractivity contribution < 1.29 is 23.1 Å². The van der Waals surface area contributed by atoms with Crippen LogP contribution in [0, 0.1) is 11.6 Å². The molecule has 8 nitrogen and oxygen atoms in total. The van der Waals surface area contributed by atoms with Crippen LogP contribution in [0.4, 0.5) is 14.5 Å². The van der Waals surface area contributed by atoms with Gasteiger partial charge in [-0.1, -0.05) is 18.2 Å². The number of H-pyrrole nitrogens is 1. The quantitative estimate of drug-likeness (QED) is 0.204. The highest BCUT2D eigenvalue weighted by atomic mass is 19.1. The topological polar surface area (TPSA) is 96.4 Å². The molecule has 0 bridgehead atoms. The van der Waals surface area contributed by atoms with Crippen molar-refractivity contribution in [1.82, 2.24) is 14.5 Å². The normalized spacial score (nSPS) is 11.2. The number of ether oxygens (including phenoxy) is 1. The molecule has 40 heavy (non-hydrogen) atoms. The summed E-state index contributed by atoms with van der Waals surface area (Å²) in [5, 5.41) is 3.51. The standard InChI is InChI=1S/C30H30F2N4O4/c1-35(2)28(38)12-5-3-4-11-27(37)34-25-9-7-15-36(30(25)39)18-23-16-20-8-6-10-26(29(20)33-23)40-19-21-13-14-22(31)17-24(21)32/h5-10,12-17,33H,3-4,11,18-19H2,1-2H3,(H,34,37)/b12-5+. The van der Waals surface area contributed by atoms with Crippen molar-refractivity contribution in [3.63, 3.8) is 0 Å². The number of allylic oxidation sites excluding steroid dienone is 1. The molecule has 2 amide bonds. The van der Waals surface area contributed by atoms with Gasteiger partial charge in [-0.3, -0.25) is 14.4 Å². The highest BCUT2D eigenvalue weighted by molar-refractivity contribution is 5.90. The summed E-state index contributed by atoms with van der Waals surface area (Å²) in [7, 11) is 3.33. The molecule has 0 aliphatic carbocycles. The second-order valence-corrected chi connectivity index (χ2v) is 9.47. The van der Waals surface area contributed by atoms with Crippen molar-refractivity contribution in [2.24, 2.45) is 0 Å². The van der Waals surface area contributed by atoms with Gasteiger partial charge in [0.25, 0.3) is 5.56 Å². The van der Waals surface area contributed by atoms with Crippen LogP contribution in [0.2, 0.25) is 0 Å². The molecule has 0 saturated heterocycles. The first-order valence-corrected chi connectivity index (χ1v) is 12.8. The third-order valence-corrected chi connectivity index (χ3v) is 6.18. The Bertz CT molecular complexity index is 1610. The van der Waals surface area contributed by atoms with Crippen molar-refractivity contribution in [3.05, 3.63) is 106 Å². The number of hydrogen-bond acceptors (Lipinski definition) is 4. The van der Waals surface area contributed by atoms with E-state index in [1.165, 1.54) is 27.7 Å². The summed E-state index contributed by atoms with van der Waals surface area (Å²) in [6, 6.07) is 13.9. The molecule has 0 unspecified atom stereocenters. The molecule has 2 aromatic carbocycles. The maximum atomic E-state index is 14.0. The molecule has 4 aromatic rings. The molecule has 0 saturated carbocycles. The van der Waals surface area contributed by atoms with E-state index >= 15 is 0 Å². The van der Waals surface area contributed by atoms with Crippen LogP contribution in [0.15, 0.2) is 77.7 Å². The minimum absolute atomic E-state index is 0.0781. The van der Waals surface area contributed by atoms with Crippen LogP contribution in [0.5, 0.6) is 5.75 Å². The van der Waals surface area contributed by atoms with Gasteiger partial charge in [-0.2, -0.15) is 0 Å². The molecule has 2 aromatic heterocycles.